The summed E-state index contributed by atoms with van der Waals surface area (Å²) in [7, 11) is 1.52. The van der Waals surface area contributed by atoms with E-state index < -0.39 is 17.7 Å². The second-order valence-electron chi connectivity index (χ2n) is 9.40. The number of ether oxygens (including phenoxy) is 3. The maximum atomic E-state index is 13.7. The van der Waals surface area contributed by atoms with Gasteiger partial charge < -0.3 is 19.3 Å². The number of carbonyl (C=O) groups is 2. The number of aromatic nitrogens is 1. The molecule has 9 heteroatoms. The fraction of sp³-hybridized carbons (Fsp3) is 0.258. The van der Waals surface area contributed by atoms with Gasteiger partial charge in [0, 0.05) is 5.56 Å². The van der Waals surface area contributed by atoms with Gasteiger partial charge in [-0.25, -0.2) is 4.98 Å². The molecule has 4 aromatic rings. The molecule has 2 heterocycles. The zero-order valence-electron chi connectivity index (χ0n) is 23.0. The lowest BCUT2D eigenvalue weighted by molar-refractivity contribution is -0.132. The average Bonchev–Trinajstić information content (AvgIpc) is 3.47. The number of aliphatic hydroxyl groups is 1. The van der Waals surface area contributed by atoms with E-state index in [-0.39, 0.29) is 11.3 Å². The van der Waals surface area contributed by atoms with Gasteiger partial charge in [0.2, 0.25) is 0 Å². The lowest BCUT2D eigenvalue weighted by Gasteiger charge is -2.24. The Hall–Kier alpha value is -4.37. The quantitative estimate of drug-likeness (QED) is 0.153. The summed E-state index contributed by atoms with van der Waals surface area (Å²) in [5, 5.41) is 11.9. The maximum absolute atomic E-state index is 13.7. The Balaban J connectivity index is 1.74. The van der Waals surface area contributed by atoms with Crippen molar-refractivity contribution in [3.63, 3.8) is 0 Å². The van der Waals surface area contributed by atoms with Gasteiger partial charge in [-0.1, -0.05) is 35.6 Å². The number of anilines is 1. The van der Waals surface area contributed by atoms with Crippen LogP contribution in [0.15, 0.2) is 60.2 Å². The molecule has 0 radical (unpaired) electrons. The predicted molar refractivity (Wildman–Crippen MR) is 156 cm³/mol. The number of benzene rings is 3. The fourth-order valence-corrected chi connectivity index (χ4v) is 6.16. The van der Waals surface area contributed by atoms with Gasteiger partial charge in [-0.05, 0) is 74.7 Å². The number of nitrogens with zero attached hydrogens (tertiary/aromatic N) is 2. The van der Waals surface area contributed by atoms with Crippen molar-refractivity contribution in [2.75, 3.05) is 25.2 Å². The predicted octanol–water partition coefficient (Wildman–Crippen LogP) is 6.35. The highest BCUT2D eigenvalue weighted by Crippen LogP contribution is 2.46. The molecule has 8 nitrogen and oxygen atoms in total. The van der Waals surface area contributed by atoms with Crippen molar-refractivity contribution in [3.05, 3.63) is 82.4 Å². The molecule has 0 saturated carbocycles. The molecule has 1 aliphatic rings. The van der Waals surface area contributed by atoms with Crippen molar-refractivity contribution in [2.24, 2.45) is 0 Å². The van der Waals surface area contributed by atoms with E-state index in [1.807, 2.05) is 39.8 Å². The molecule has 1 amide bonds. The van der Waals surface area contributed by atoms with Gasteiger partial charge in [0.1, 0.15) is 11.5 Å². The minimum absolute atomic E-state index is 0.0444. The smallest absolute Gasteiger partial charge is 0.301 e. The number of hydrogen-bond acceptors (Lipinski definition) is 8. The summed E-state index contributed by atoms with van der Waals surface area (Å²) < 4.78 is 17.8. The van der Waals surface area contributed by atoms with Crippen molar-refractivity contribution in [1.82, 2.24) is 4.98 Å². The molecule has 1 atom stereocenters. The Bertz CT molecular complexity index is 1660. The van der Waals surface area contributed by atoms with E-state index in [9.17, 15) is 14.7 Å². The topological polar surface area (TPSA) is 98.2 Å². The molecule has 1 N–H and O–H groups in total. The number of aryl methyl sites for hydroxylation is 2. The van der Waals surface area contributed by atoms with Gasteiger partial charge in [-0.2, -0.15) is 0 Å². The molecule has 0 aliphatic carbocycles. The number of Topliss-reactive ketones (excluding diaryl/α,β-unsaturated/α-hetero) is 1. The molecule has 1 aromatic heterocycles. The van der Waals surface area contributed by atoms with Crippen LogP contribution in [0, 0.1) is 13.8 Å². The Morgan fingerprint density at radius 2 is 1.77 bits per heavy atom. The van der Waals surface area contributed by atoms with Crippen LogP contribution in [-0.2, 0) is 9.59 Å². The summed E-state index contributed by atoms with van der Waals surface area (Å²) in [5.41, 5.74) is 3.69. The van der Waals surface area contributed by atoms with E-state index >= 15 is 0 Å². The average molecular weight is 559 g/mol. The molecule has 1 fully saturated rings. The van der Waals surface area contributed by atoms with Gasteiger partial charge >= 0.3 is 5.91 Å². The van der Waals surface area contributed by atoms with Gasteiger partial charge in [0.25, 0.3) is 5.78 Å². The Kier molecular flexibility index (Phi) is 7.49. The molecule has 0 bridgehead atoms. The highest BCUT2D eigenvalue weighted by atomic mass is 32.1. The van der Waals surface area contributed by atoms with Crippen LogP contribution >= 0.6 is 11.3 Å². The number of amides is 1. The van der Waals surface area contributed by atoms with Crippen molar-refractivity contribution in [3.8, 4) is 17.2 Å². The summed E-state index contributed by atoms with van der Waals surface area (Å²) >= 11 is 1.33. The third-order valence-electron chi connectivity index (χ3n) is 6.69. The first-order valence-corrected chi connectivity index (χ1v) is 13.8. The molecule has 1 saturated heterocycles. The van der Waals surface area contributed by atoms with Crippen LogP contribution in [0.1, 0.15) is 42.1 Å². The standard InChI is InChI=1S/C31H30N2O6S/c1-6-38-21-10-8-9-20(15-21)28(34)25-27(19-11-12-22(39-7-2)23(16-19)37-5)33(30(36)29(25)35)31-32-26-18(4)13-17(3)14-24(26)40-31/h8-16,27,34H,6-7H2,1-5H3/b28-25+. The van der Waals surface area contributed by atoms with Crippen molar-refractivity contribution < 1.29 is 28.9 Å². The van der Waals surface area contributed by atoms with Gasteiger partial charge in [-0.15, -0.1) is 0 Å². The maximum Gasteiger partial charge on any atom is 0.301 e. The first-order chi connectivity index (χ1) is 19.3. The van der Waals surface area contributed by atoms with Gasteiger partial charge in [-0.3, -0.25) is 14.5 Å². The Morgan fingerprint density at radius 3 is 2.50 bits per heavy atom. The monoisotopic (exact) mass is 558 g/mol. The summed E-state index contributed by atoms with van der Waals surface area (Å²) in [5.74, 6) is -0.358. The number of aliphatic hydroxyl groups excluding tert-OH is 1. The zero-order valence-corrected chi connectivity index (χ0v) is 23.8. The lowest BCUT2D eigenvalue weighted by Crippen LogP contribution is -2.29. The summed E-state index contributed by atoms with van der Waals surface area (Å²) in [4.78, 5) is 33.5. The van der Waals surface area contributed by atoms with Crippen LogP contribution in [0.25, 0.3) is 16.0 Å². The van der Waals surface area contributed by atoms with Crippen molar-refractivity contribution in [1.29, 1.82) is 0 Å². The third kappa shape index (κ3) is 4.77. The van der Waals surface area contributed by atoms with E-state index in [1.165, 1.54) is 23.3 Å². The van der Waals surface area contributed by atoms with Crippen LogP contribution in [0.4, 0.5) is 5.13 Å². The normalized spacial score (nSPS) is 16.5. The van der Waals surface area contributed by atoms with Crippen LogP contribution in [0.5, 0.6) is 17.2 Å². The largest absolute Gasteiger partial charge is 0.507 e. The second-order valence-corrected chi connectivity index (χ2v) is 10.4. The number of rotatable bonds is 8. The molecule has 0 spiro atoms. The lowest BCUT2D eigenvalue weighted by atomic mass is 9.95. The van der Waals surface area contributed by atoms with E-state index in [4.69, 9.17) is 19.2 Å². The first kappa shape index (κ1) is 27.2. The van der Waals surface area contributed by atoms with Crippen molar-refractivity contribution in [2.45, 2.75) is 33.7 Å². The van der Waals surface area contributed by atoms with Gasteiger partial charge in [0.15, 0.2) is 16.6 Å². The highest BCUT2D eigenvalue weighted by molar-refractivity contribution is 7.22. The molecule has 5 rings (SSSR count). The molecule has 40 heavy (non-hydrogen) atoms. The molecule has 3 aromatic carbocycles. The van der Waals surface area contributed by atoms with Gasteiger partial charge in [0.05, 0.1) is 42.2 Å². The Labute approximate surface area is 236 Å². The molecular formula is C31H30N2O6S. The summed E-state index contributed by atoms with van der Waals surface area (Å²) in [6, 6.07) is 15.1. The van der Waals surface area contributed by atoms with Crippen LogP contribution in [-0.4, -0.2) is 42.1 Å². The Morgan fingerprint density at radius 1 is 1.00 bits per heavy atom. The number of thiazole rings is 1. The number of ketones is 1. The third-order valence-corrected chi connectivity index (χ3v) is 7.69. The van der Waals surface area contributed by atoms with E-state index in [0.29, 0.717) is 46.7 Å². The van der Waals surface area contributed by atoms with Crippen LogP contribution in [0.3, 0.4) is 0 Å². The van der Waals surface area contributed by atoms with Crippen molar-refractivity contribution >= 4 is 44.1 Å². The summed E-state index contributed by atoms with van der Waals surface area (Å²) in [6.45, 7) is 8.58. The number of fused-ring (bicyclic) bond motifs is 1. The van der Waals surface area contributed by atoms with E-state index in [0.717, 1.165) is 21.3 Å². The minimum Gasteiger partial charge on any atom is -0.507 e. The minimum atomic E-state index is -0.956. The first-order valence-electron chi connectivity index (χ1n) is 13.0. The SMILES string of the molecule is CCOc1cccc(/C(O)=C2\C(=O)C(=O)N(c3nc4c(C)cc(C)cc4s3)C2c2ccc(OCC)c(OC)c2)c1. The summed E-state index contributed by atoms with van der Waals surface area (Å²) in [6.07, 6.45) is 0. The zero-order chi connectivity index (χ0) is 28.6. The number of carbonyl (C=O) groups excluding carboxylic acids is 2. The highest BCUT2D eigenvalue weighted by Gasteiger charge is 2.48. The van der Waals surface area contributed by atoms with E-state index in [1.54, 1.807) is 42.5 Å². The number of hydrogen-bond donors (Lipinski definition) is 1. The second kappa shape index (κ2) is 11.0. The molecule has 1 unspecified atom stereocenters. The fourth-order valence-electron chi connectivity index (χ4n) is 4.99. The molecule has 1 aliphatic heterocycles. The number of methoxy groups -OCH3 is 1. The van der Waals surface area contributed by atoms with Crippen LogP contribution < -0.4 is 19.1 Å². The van der Waals surface area contributed by atoms with E-state index in [2.05, 4.69) is 0 Å². The molecule has 206 valence electrons. The molecular weight excluding hydrogens is 528 g/mol. The van der Waals surface area contributed by atoms with Crippen LogP contribution in [0.2, 0.25) is 0 Å².